The molecule has 1 aromatic heterocycles. The first-order chi connectivity index (χ1) is 11.5. The molecule has 5 heteroatoms. The summed E-state index contributed by atoms with van der Waals surface area (Å²) in [6.07, 6.45) is 4.69. The van der Waals surface area contributed by atoms with Gasteiger partial charge in [-0.05, 0) is 41.8 Å². The van der Waals surface area contributed by atoms with Gasteiger partial charge in [0.15, 0.2) is 0 Å². The first-order valence-corrected chi connectivity index (χ1v) is 7.93. The van der Waals surface area contributed by atoms with Gasteiger partial charge in [-0.2, -0.15) is 0 Å². The Labute approximate surface area is 142 Å². The summed E-state index contributed by atoms with van der Waals surface area (Å²) in [5.74, 6) is 0.0615. The number of hydrogen-bond acceptors (Lipinski definition) is 3. The molecule has 0 bridgehead atoms. The number of likely N-dealkylation sites (N-methyl/N-ethyl adjacent to an activating group) is 1. The predicted molar refractivity (Wildman–Crippen MR) is 94.8 cm³/mol. The number of pyridine rings is 1. The number of carbonyl (C=O) groups is 2. The molecule has 1 aromatic carbocycles. The van der Waals surface area contributed by atoms with Gasteiger partial charge in [0, 0.05) is 45.6 Å². The van der Waals surface area contributed by atoms with Crippen LogP contribution in [0.25, 0.3) is 0 Å². The van der Waals surface area contributed by atoms with Crippen molar-refractivity contribution in [2.24, 2.45) is 0 Å². The molecule has 2 rings (SSSR count). The van der Waals surface area contributed by atoms with E-state index < -0.39 is 0 Å². The summed E-state index contributed by atoms with van der Waals surface area (Å²) < 4.78 is 0. The molecule has 0 unspecified atom stereocenters. The molecular weight excluding hydrogens is 302 g/mol. The summed E-state index contributed by atoms with van der Waals surface area (Å²) in [7, 11) is 3.55. The third-order valence-corrected chi connectivity index (χ3v) is 4.06. The van der Waals surface area contributed by atoms with Crippen molar-refractivity contribution in [3.63, 3.8) is 0 Å². The fourth-order valence-corrected chi connectivity index (χ4v) is 2.30. The molecule has 1 heterocycles. The number of amides is 2. The van der Waals surface area contributed by atoms with Gasteiger partial charge in [0.05, 0.1) is 6.42 Å². The minimum absolute atomic E-state index is 0.0188. The molecule has 5 nitrogen and oxygen atoms in total. The van der Waals surface area contributed by atoms with Crippen LogP contribution in [-0.2, 0) is 22.4 Å². The van der Waals surface area contributed by atoms with Gasteiger partial charge in [0.2, 0.25) is 11.8 Å². The van der Waals surface area contributed by atoms with Crippen LogP contribution < -0.4 is 4.90 Å². The van der Waals surface area contributed by atoms with Crippen LogP contribution in [0.2, 0.25) is 0 Å². The average Bonchev–Trinajstić information content (AvgIpc) is 2.60. The van der Waals surface area contributed by atoms with E-state index in [2.05, 4.69) is 4.98 Å². The number of aromatic nitrogens is 1. The molecule has 2 amide bonds. The van der Waals surface area contributed by atoms with Gasteiger partial charge in [0.1, 0.15) is 0 Å². The fraction of sp³-hybridized carbons (Fsp3) is 0.316. The highest BCUT2D eigenvalue weighted by molar-refractivity contribution is 5.90. The second-order valence-electron chi connectivity index (χ2n) is 5.84. The highest BCUT2D eigenvalue weighted by atomic mass is 16.2. The molecule has 0 fully saturated rings. The Hall–Kier alpha value is -2.69. The third kappa shape index (κ3) is 4.91. The van der Waals surface area contributed by atoms with Crippen molar-refractivity contribution in [3.05, 3.63) is 59.9 Å². The molecular formula is C19H23N3O2. The Morgan fingerprint density at radius 3 is 2.17 bits per heavy atom. The Morgan fingerprint density at radius 1 is 0.958 bits per heavy atom. The first-order valence-electron chi connectivity index (χ1n) is 7.93. The minimum Gasteiger partial charge on any atom is -0.345 e. The van der Waals surface area contributed by atoms with E-state index in [-0.39, 0.29) is 11.8 Å². The van der Waals surface area contributed by atoms with E-state index in [0.717, 1.165) is 17.7 Å². The van der Waals surface area contributed by atoms with E-state index in [0.29, 0.717) is 13.0 Å². The van der Waals surface area contributed by atoms with Crippen LogP contribution >= 0.6 is 0 Å². The minimum atomic E-state index is -0.0188. The highest BCUT2D eigenvalue weighted by Gasteiger charge is 2.11. The Morgan fingerprint density at radius 2 is 1.58 bits per heavy atom. The zero-order chi connectivity index (χ0) is 17.5. The number of hydrogen-bond donors (Lipinski definition) is 0. The molecule has 0 N–H and O–H groups in total. The van der Waals surface area contributed by atoms with E-state index in [9.17, 15) is 9.59 Å². The normalized spacial score (nSPS) is 10.3. The fourth-order valence-electron chi connectivity index (χ4n) is 2.30. The summed E-state index contributed by atoms with van der Waals surface area (Å²) in [6, 6.07) is 11.4. The Balaban J connectivity index is 1.88. The molecule has 0 atom stereocenters. The summed E-state index contributed by atoms with van der Waals surface area (Å²) in [6.45, 7) is 2.20. The lowest BCUT2D eigenvalue weighted by atomic mass is 10.1. The Kier molecular flexibility index (Phi) is 6.07. The summed E-state index contributed by atoms with van der Waals surface area (Å²) in [5.41, 5.74) is 2.93. The number of benzene rings is 1. The quantitative estimate of drug-likeness (QED) is 0.819. The van der Waals surface area contributed by atoms with Crippen molar-refractivity contribution in [2.75, 3.05) is 25.5 Å². The van der Waals surface area contributed by atoms with Crippen molar-refractivity contribution in [2.45, 2.75) is 19.8 Å². The monoisotopic (exact) mass is 325 g/mol. The van der Waals surface area contributed by atoms with E-state index in [1.165, 1.54) is 12.5 Å². The molecule has 0 aliphatic carbocycles. The van der Waals surface area contributed by atoms with Crippen LogP contribution in [0.15, 0.2) is 48.8 Å². The maximum Gasteiger partial charge on any atom is 0.226 e. The van der Waals surface area contributed by atoms with E-state index >= 15 is 0 Å². The van der Waals surface area contributed by atoms with Gasteiger partial charge in [0.25, 0.3) is 0 Å². The van der Waals surface area contributed by atoms with Crippen molar-refractivity contribution < 1.29 is 9.59 Å². The SMILES string of the molecule is CC(=O)N(C)c1ccc(CC(=O)N(C)CCc2ccncc2)cc1. The van der Waals surface area contributed by atoms with Crippen molar-refractivity contribution in [3.8, 4) is 0 Å². The molecule has 2 aromatic rings. The van der Waals surface area contributed by atoms with Gasteiger partial charge >= 0.3 is 0 Å². The highest BCUT2D eigenvalue weighted by Crippen LogP contribution is 2.14. The van der Waals surface area contributed by atoms with Crippen molar-refractivity contribution >= 4 is 17.5 Å². The van der Waals surface area contributed by atoms with Gasteiger partial charge in [-0.1, -0.05) is 12.1 Å². The van der Waals surface area contributed by atoms with Crippen LogP contribution in [0.5, 0.6) is 0 Å². The molecule has 0 saturated heterocycles. The van der Waals surface area contributed by atoms with Crippen molar-refractivity contribution in [1.82, 2.24) is 9.88 Å². The topological polar surface area (TPSA) is 53.5 Å². The zero-order valence-electron chi connectivity index (χ0n) is 14.4. The summed E-state index contributed by atoms with van der Waals surface area (Å²) in [4.78, 5) is 31.0. The number of anilines is 1. The lowest BCUT2D eigenvalue weighted by Gasteiger charge is -2.18. The molecule has 126 valence electrons. The van der Waals surface area contributed by atoms with Crippen LogP contribution in [0, 0.1) is 0 Å². The lowest BCUT2D eigenvalue weighted by molar-refractivity contribution is -0.129. The van der Waals surface area contributed by atoms with Crippen LogP contribution in [-0.4, -0.2) is 42.3 Å². The smallest absolute Gasteiger partial charge is 0.226 e. The first kappa shape index (κ1) is 17.7. The maximum atomic E-state index is 12.3. The number of rotatable bonds is 6. The summed E-state index contributed by atoms with van der Waals surface area (Å²) >= 11 is 0. The maximum absolute atomic E-state index is 12.3. The van der Waals surface area contributed by atoms with Crippen LogP contribution in [0.4, 0.5) is 5.69 Å². The number of nitrogens with zero attached hydrogens (tertiary/aromatic N) is 3. The van der Waals surface area contributed by atoms with Gasteiger partial charge in [-0.25, -0.2) is 0 Å². The molecule has 0 radical (unpaired) electrons. The van der Waals surface area contributed by atoms with Crippen LogP contribution in [0.1, 0.15) is 18.1 Å². The van der Waals surface area contributed by atoms with E-state index in [1.807, 2.05) is 43.4 Å². The zero-order valence-corrected chi connectivity index (χ0v) is 14.4. The second-order valence-corrected chi connectivity index (χ2v) is 5.84. The Bertz CT molecular complexity index is 684. The third-order valence-electron chi connectivity index (χ3n) is 4.06. The standard InChI is InChI=1S/C19H23N3O2/c1-15(23)22(3)18-6-4-17(5-7-18)14-19(24)21(2)13-10-16-8-11-20-12-9-16/h4-9,11-12H,10,13-14H2,1-3H3. The predicted octanol–water partition coefficient (Wildman–Crippen LogP) is 2.31. The molecule has 0 spiro atoms. The largest absolute Gasteiger partial charge is 0.345 e. The molecule has 24 heavy (non-hydrogen) atoms. The van der Waals surface area contributed by atoms with Crippen LogP contribution in [0.3, 0.4) is 0 Å². The lowest BCUT2D eigenvalue weighted by Crippen LogP contribution is -2.30. The van der Waals surface area contributed by atoms with Gasteiger partial charge < -0.3 is 9.80 Å². The molecule has 0 aliphatic heterocycles. The molecule has 0 aliphatic rings. The summed E-state index contributed by atoms with van der Waals surface area (Å²) in [5, 5.41) is 0. The van der Waals surface area contributed by atoms with Crippen molar-refractivity contribution in [1.29, 1.82) is 0 Å². The number of carbonyl (C=O) groups excluding carboxylic acids is 2. The van der Waals surface area contributed by atoms with Gasteiger partial charge in [-0.15, -0.1) is 0 Å². The second kappa shape index (κ2) is 8.24. The van der Waals surface area contributed by atoms with E-state index in [4.69, 9.17) is 0 Å². The average molecular weight is 325 g/mol. The molecule has 0 saturated carbocycles. The van der Waals surface area contributed by atoms with Gasteiger partial charge in [-0.3, -0.25) is 14.6 Å². The van der Waals surface area contributed by atoms with E-state index in [1.54, 1.807) is 29.2 Å².